The van der Waals surface area contributed by atoms with Crippen LogP contribution in [0.25, 0.3) is 0 Å². The van der Waals surface area contributed by atoms with Gasteiger partial charge in [-0.25, -0.2) is 8.42 Å². The highest BCUT2D eigenvalue weighted by Crippen LogP contribution is 2.33. The maximum absolute atomic E-state index is 12.6. The fraction of sp³-hybridized carbons (Fsp3) is 0.462. The lowest BCUT2D eigenvalue weighted by Crippen LogP contribution is -2.35. The minimum Gasteiger partial charge on any atom is -0.481 e. The molecular formula is C13H16ClNO4S. The highest BCUT2D eigenvalue weighted by atomic mass is 35.5. The van der Waals surface area contributed by atoms with Gasteiger partial charge in [0.25, 0.3) is 0 Å². The molecule has 0 aliphatic heterocycles. The molecule has 0 radical (unpaired) electrons. The topological polar surface area (TPSA) is 74.7 Å². The second-order valence-corrected chi connectivity index (χ2v) is 7.20. The Morgan fingerprint density at radius 1 is 1.45 bits per heavy atom. The SMILES string of the molecule is Cc1cc(Cl)ccc1S(=O)(=O)N(CCC(=O)O)C1CC1. The van der Waals surface area contributed by atoms with E-state index in [1.165, 1.54) is 16.4 Å². The van der Waals surface area contributed by atoms with Gasteiger partial charge in [-0.2, -0.15) is 4.31 Å². The Morgan fingerprint density at radius 3 is 2.60 bits per heavy atom. The summed E-state index contributed by atoms with van der Waals surface area (Å²) in [5, 5.41) is 9.23. The van der Waals surface area contributed by atoms with E-state index in [4.69, 9.17) is 16.7 Å². The summed E-state index contributed by atoms with van der Waals surface area (Å²) in [6.45, 7) is 1.69. The third-order valence-electron chi connectivity index (χ3n) is 3.22. The van der Waals surface area contributed by atoms with Gasteiger partial charge in [0.1, 0.15) is 0 Å². The molecule has 1 saturated carbocycles. The lowest BCUT2D eigenvalue weighted by Gasteiger charge is -2.22. The van der Waals surface area contributed by atoms with Crippen LogP contribution in [0.15, 0.2) is 23.1 Å². The fourth-order valence-corrected chi connectivity index (χ4v) is 4.22. The van der Waals surface area contributed by atoms with Crippen molar-refractivity contribution in [1.82, 2.24) is 4.31 Å². The van der Waals surface area contributed by atoms with Crippen molar-refractivity contribution in [2.75, 3.05) is 6.54 Å². The van der Waals surface area contributed by atoms with Crippen LogP contribution in [0.3, 0.4) is 0 Å². The van der Waals surface area contributed by atoms with Gasteiger partial charge in [-0.3, -0.25) is 4.79 Å². The van der Waals surface area contributed by atoms with Crippen LogP contribution in [0.1, 0.15) is 24.8 Å². The second kappa shape index (κ2) is 5.71. The largest absolute Gasteiger partial charge is 0.481 e. The number of halogens is 1. The van der Waals surface area contributed by atoms with E-state index < -0.39 is 16.0 Å². The molecule has 1 aliphatic rings. The van der Waals surface area contributed by atoms with Crippen molar-refractivity contribution in [3.05, 3.63) is 28.8 Å². The van der Waals surface area contributed by atoms with Crippen molar-refractivity contribution in [3.8, 4) is 0 Å². The number of benzene rings is 1. The summed E-state index contributed by atoms with van der Waals surface area (Å²) in [5.74, 6) is -1.00. The fourth-order valence-electron chi connectivity index (χ4n) is 2.10. The molecule has 2 rings (SSSR count). The number of hydrogen-bond donors (Lipinski definition) is 1. The Labute approximate surface area is 123 Å². The molecule has 0 spiro atoms. The normalized spacial score (nSPS) is 15.6. The number of hydrogen-bond acceptors (Lipinski definition) is 3. The van der Waals surface area contributed by atoms with Gasteiger partial charge in [0, 0.05) is 17.6 Å². The summed E-state index contributed by atoms with van der Waals surface area (Å²) in [5.41, 5.74) is 0.568. The molecule has 0 saturated heterocycles. The van der Waals surface area contributed by atoms with Crippen LogP contribution in [0.4, 0.5) is 0 Å². The third kappa shape index (κ3) is 3.31. The van der Waals surface area contributed by atoms with Crippen molar-refractivity contribution in [2.24, 2.45) is 0 Å². The quantitative estimate of drug-likeness (QED) is 0.873. The molecule has 0 heterocycles. The molecule has 0 aromatic heterocycles. The van der Waals surface area contributed by atoms with Crippen LogP contribution in [0.5, 0.6) is 0 Å². The number of nitrogens with zero attached hydrogens (tertiary/aromatic N) is 1. The number of sulfonamides is 1. The zero-order valence-corrected chi connectivity index (χ0v) is 12.6. The van der Waals surface area contributed by atoms with Crippen molar-refractivity contribution >= 4 is 27.6 Å². The van der Waals surface area contributed by atoms with Gasteiger partial charge < -0.3 is 5.11 Å². The maximum atomic E-state index is 12.6. The van der Waals surface area contributed by atoms with Crippen molar-refractivity contribution in [3.63, 3.8) is 0 Å². The summed E-state index contributed by atoms with van der Waals surface area (Å²) < 4.78 is 26.6. The van der Waals surface area contributed by atoms with E-state index in [0.29, 0.717) is 10.6 Å². The Kier molecular flexibility index (Phi) is 4.36. The van der Waals surface area contributed by atoms with Crippen molar-refractivity contribution in [1.29, 1.82) is 0 Å². The monoisotopic (exact) mass is 317 g/mol. The highest BCUT2D eigenvalue weighted by molar-refractivity contribution is 7.89. The van der Waals surface area contributed by atoms with E-state index in [-0.39, 0.29) is 23.9 Å². The second-order valence-electron chi connectivity index (χ2n) is 4.90. The molecule has 0 unspecified atom stereocenters. The van der Waals surface area contributed by atoms with Crippen molar-refractivity contribution in [2.45, 2.75) is 37.1 Å². The van der Waals surface area contributed by atoms with Gasteiger partial charge in [0.05, 0.1) is 11.3 Å². The first-order chi connectivity index (χ1) is 9.32. The van der Waals surface area contributed by atoms with E-state index in [1.54, 1.807) is 13.0 Å². The summed E-state index contributed by atoms with van der Waals surface area (Å²) in [6.07, 6.45) is 1.37. The van der Waals surface area contributed by atoms with Crippen molar-refractivity contribution < 1.29 is 18.3 Å². The molecular weight excluding hydrogens is 302 g/mol. The lowest BCUT2D eigenvalue weighted by atomic mass is 10.2. The van der Waals surface area contributed by atoms with Gasteiger partial charge in [0.15, 0.2) is 0 Å². The average Bonchev–Trinajstić information content (AvgIpc) is 3.12. The molecule has 20 heavy (non-hydrogen) atoms. The molecule has 1 N–H and O–H groups in total. The summed E-state index contributed by atoms with van der Waals surface area (Å²) in [4.78, 5) is 10.9. The Hall–Kier alpha value is -1.11. The summed E-state index contributed by atoms with van der Waals surface area (Å²) in [6, 6.07) is 4.53. The lowest BCUT2D eigenvalue weighted by molar-refractivity contribution is -0.137. The molecule has 7 heteroatoms. The molecule has 1 aromatic carbocycles. The van der Waals surface area contributed by atoms with Gasteiger partial charge in [-0.05, 0) is 43.5 Å². The molecule has 1 fully saturated rings. The molecule has 5 nitrogen and oxygen atoms in total. The van der Waals surface area contributed by atoms with Gasteiger partial charge in [-0.1, -0.05) is 11.6 Å². The average molecular weight is 318 g/mol. The zero-order valence-electron chi connectivity index (χ0n) is 11.0. The standard InChI is InChI=1S/C13H16ClNO4S/c1-9-8-10(14)2-5-12(9)20(18,19)15(11-3-4-11)7-6-13(16)17/h2,5,8,11H,3-4,6-7H2,1H3,(H,16,17). The third-order valence-corrected chi connectivity index (χ3v) is 5.57. The summed E-state index contributed by atoms with van der Waals surface area (Å²) >= 11 is 5.84. The number of carboxylic acid groups (broad SMARTS) is 1. The number of aliphatic carboxylic acids is 1. The molecule has 1 aromatic rings. The zero-order chi connectivity index (χ0) is 14.9. The minimum atomic E-state index is -3.67. The predicted octanol–water partition coefficient (Wildman–Crippen LogP) is 2.28. The Balaban J connectivity index is 2.32. The van der Waals surface area contributed by atoms with E-state index in [2.05, 4.69) is 0 Å². The number of aryl methyl sites for hydroxylation is 1. The van der Waals surface area contributed by atoms with E-state index in [0.717, 1.165) is 12.8 Å². The Morgan fingerprint density at radius 2 is 2.10 bits per heavy atom. The first-order valence-corrected chi connectivity index (χ1v) is 8.14. The van der Waals surface area contributed by atoms with Gasteiger partial charge in [0.2, 0.25) is 10.0 Å². The molecule has 0 amide bonds. The van der Waals surface area contributed by atoms with Gasteiger partial charge >= 0.3 is 5.97 Å². The van der Waals surface area contributed by atoms with Crippen LogP contribution < -0.4 is 0 Å². The number of carboxylic acids is 1. The summed E-state index contributed by atoms with van der Waals surface area (Å²) in [7, 11) is -3.67. The smallest absolute Gasteiger partial charge is 0.304 e. The highest BCUT2D eigenvalue weighted by Gasteiger charge is 2.38. The van der Waals surface area contributed by atoms with Crippen LogP contribution in [-0.2, 0) is 14.8 Å². The van der Waals surface area contributed by atoms with E-state index >= 15 is 0 Å². The first-order valence-electron chi connectivity index (χ1n) is 6.32. The minimum absolute atomic E-state index is 0.00436. The van der Waals surface area contributed by atoms with Crippen LogP contribution >= 0.6 is 11.6 Å². The van der Waals surface area contributed by atoms with Gasteiger partial charge in [-0.15, -0.1) is 0 Å². The molecule has 110 valence electrons. The Bertz CT molecular complexity index is 625. The van der Waals surface area contributed by atoms with Crippen LogP contribution in [-0.4, -0.2) is 36.4 Å². The molecule has 0 atom stereocenters. The van der Waals surface area contributed by atoms with Crippen LogP contribution in [0, 0.1) is 6.92 Å². The maximum Gasteiger partial charge on any atom is 0.304 e. The van der Waals surface area contributed by atoms with E-state index in [9.17, 15) is 13.2 Å². The van der Waals surface area contributed by atoms with Crippen LogP contribution in [0.2, 0.25) is 5.02 Å². The van der Waals surface area contributed by atoms with E-state index in [1.807, 2.05) is 0 Å². The molecule has 0 bridgehead atoms. The molecule has 1 aliphatic carbocycles. The first kappa shape index (κ1) is 15.3. The number of carbonyl (C=O) groups is 1. The number of rotatable bonds is 6. The predicted molar refractivity (Wildman–Crippen MR) is 75.4 cm³/mol.